The molecule has 3 N–H and O–H groups in total. The zero-order valence-corrected chi connectivity index (χ0v) is 20.0. The highest BCUT2D eigenvalue weighted by atomic mass is 16.3. The number of likely N-dealkylation sites (N-methyl/N-ethyl adjacent to an activating group) is 3. The summed E-state index contributed by atoms with van der Waals surface area (Å²) < 4.78 is 2.53. The lowest BCUT2D eigenvalue weighted by Crippen LogP contribution is -2.36. The molecule has 1 aromatic heterocycles. The van der Waals surface area contributed by atoms with Crippen LogP contribution in [0.25, 0.3) is 0 Å². The topological polar surface area (TPSA) is 169 Å². The van der Waals surface area contributed by atoms with Gasteiger partial charge in [0.05, 0.1) is 101 Å². The highest BCUT2D eigenvalue weighted by Crippen LogP contribution is 2.01. The third-order valence-electron chi connectivity index (χ3n) is 2.89. The van der Waals surface area contributed by atoms with Gasteiger partial charge in [-0.3, -0.25) is 0 Å². The summed E-state index contributed by atoms with van der Waals surface area (Å²) in [5.41, 5.74) is 0. The number of rotatable bonds is 6. The quantitative estimate of drug-likeness (QED) is 0.376. The van der Waals surface area contributed by atoms with Gasteiger partial charge in [-0.05, 0) is 0 Å². The molecule has 180 valence electrons. The van der Waals surface area contributed by atoms with Gasteiger partial charge in [-0.1, -0.05) is 0 Å². The normalized spacial score (nSPS) is 11.2. The summed E-state index contributed by atoms with van der Waals surface area (Å²) in [5, 5.41) is 55.3. The van der Waals surface area contributed by atoms with Crippen LogP contribution in [0.5, 0.6) is 18.0 Å². The molecule has 0 saturated carbocycles. The lowest BCUT2D eigenvalue weighted by atomic mass is 10.5. The van der Waals surface area contributed by atoms with Crippen molar-refractivity contribution in [2.75, 3.05) is 103 Å². The summed E-state index contributed by atoms with van der Waals surface area (Å²) in [6.45, 7) is 3.34. The molecule has 0 radical (unpaired) electrons. The summed E-state index contributed by atoms with van der Waals surface area (Å²) in [6, 6.07) is -3.25. The number of hydrogen-bond donors (Lipinski definition) is 3. The molecule has 12 heteroatoms. The molecule has 0 aliphatic rings. The van der Waals surface area contributed by atoms with Crippen molar-refractivity contribution in [2.24, 2.45) is 0 Å². The Morgan fingerprint density at radius 2 is 0.667 bits per heavy atom. The maximum Gasteiger partial charge on any atom is 0.101 e. The van der Waals surface area contributed by atoms with E-state index in [1.807, 2.05) is 0 Å². The maximum atomic E-state index is 10.0. The Morgan fingerprint density at radius 1 is 0.500 bits per heavy atom. The SMILES string of the molecule is C[N+](C)(C)CCO.C[N+](C)(C)CCO.C[N+](C)(C)CCO.[O-]c1nc([O-])nc([O-])n1. The highest BCUT2D eigenvalue weighted by Gasteiger charge is 2.03. The molecule has 0 fully saturated rings. The van der Waals surface area contributed by atoms with E-state index in [4.69, 9.17) is 15.3 Å². The van der Waals surface area contributed by atoms with Crippen LogP contribution in [0.1, 0.15) is 0 Å². The Bertz CT molecular complexity index is 453. The fourth-order valence-electron chi connectivity index (χ4n) is 1.22. The first-order chi connectivity index (χ1) is 13.4. The Kier molecular flexibility index (Phi) is 17.4. The molecule has 12 nitrogen and oxygen atoms in total. The molecule has 0 bridgehead atoms. The van der Waals surface area contributed by atoms with E-state index in [0.717, 1.165) is 33.1 Å². The van der Waals surface area contributed by atoms with Gasteiger partial charge in [0.15, 0.2) is 0 Å². The molecule has 0 saturated heterocycles. The Morgan fingerprint density at radius 3 is 0.733 bits per heavy atom. The standard InChI is InChI=1S/3C5H14NO.C3H3N3O3/c3*1-6(2,3)4-5-7;7-1-4-2(8)6-3(9)5-1/h3*7H,4-5H2,1-3H3;(H3,4,5,6,7,8,9)/q3*+1;/p-3. The van der Waals surface area contributed by atoms with E-state index in [0.29, 0.717) is 0 Å². The Hall–Kier alpha value is -1.83. The summed E-state index contributed by atoms with van der Waals surface area (Å²) in [6.07, 6.45) is 0. The minimum absolute atomic E-state index is 0.281. The predicted octanol–water partition coefficient (Wildman–Crippen LogP) is -3.85. The van der Waals surface area contributed by atoms with E-state index < -0.39 is 18.0 Å². The van der Waals surface area contributed by atoms with E-state index >= 15 is 0 Å². The minimum Gasteiger partial charge on any atom is -0.844 e. The molecule has 0 unspecified atom stereocenters. The van der Waals surface area contributed by atoms with Crippen molar-refractivity contribution in [1.29, 1.82) is 0 Å². The molecule has 0 atom stereocenters. The van der Waals surface area contributed by atoms with Gasteiger partial charge in [0, 0.05) is 0 Å². The van der Waals surface area contributed by atoms with Crippen molar-refractivity contribution >= 4 is 0 Å². The van der Waals surface area contributed by atoms with E-state index in [1.54, 1.807) is 0 Å². The van der Waals surface area contributed by atoms with Gasteiger partial charge in [0.1, 0.15) is 19.6 Å². The molecule has 0 amide bonds. The van der Waals surface area contributed by atoms with Gasteiger partial charge in [-0.2, -0.15) is 0 Å². The molecule has 0 spiro atoms. The van der Waals surface area contributed by atoms with E-state index in [-0.39, 0.29) is 19.8 Å². The molecular weight excluding hydrogens is 396 g/mol. The van der Waals surface area contributed by atoms with E-state index in [9.17, 15) is 15.3 Å². The molecule has 1 aromatic rings. The number of nitrogens with zero attached hydrogens (tertiary/aromatic N) is 6. The average molecular weight is 439 g/mol. The van der Waals surface area contributed by atoms with Crippen LogP contribution in [-0.2, 0) is 0 Å². The van der Waals surface area contributed by atoms with Crippen LogP contribution in [0, 0.1) is 0 Å². The van der Waals surface area contributed by atoms with Gasteiger partial charge in [-0.15, -0.1) is 0 Å². The molecule has 1 rings (SSSR count). The number of aliphatic hydroxyl groups is 3. The van der Waals surface area contributed by atoms with Gasteiger partial charge in [0.2, 0.25) is 0 Å². The molecule has 0 aliphatic carbocycles. The molecule has 0 aliphatic heterocycles. The smallest absolute Gasteiger partial charge is 0.101 e. The summed E-state index contributed by atoms with van der Waals surface area (Å²) in [5.74, 6) is 0. The fourth-order valence-corrected chi connectivity index (χ4v) is 1.22. The maximum absolute atomic E-state index is 10.0. The first kappa shape index (κ1) is 32.8. The van der Waals surface area contributed by atoms with Gasteiger partial charge >= 0.3 is 0 Å². The van der Waals surface area contributed by atoms with Crippen LogP contribution >= 0.6 is 0 Å². The van der Waals surface area contributed by atoms with Crippen LogP contribution in [0.15, 0.2) is 0 Å². The second kappa shape index (κ2) is 15.9. The lowest BCUT2D eigenvalue weighted by Gasteiger charge is -2.21. The highest BCUT2D eigenvalue weighted by molar-refractivity contribution is 5.01. The van der Waals surface area contributed by atoms with Gasteiger partial charge in [0.25, 0.3) is 0 Å². The number of quaternary nitrogens is 3. The molecule has 30 heavy (non-hydrogen) atoms. The molecule has 1 heterocycles. The number of hydrogen-bond acceptors (Lipinski definition) is 9. The van der Waals surface area contributed by atoms with Crippen molar-refractivity contribution in [2.45, 2.75) is 0 Å². The van der Waals surface area contributed by atoms with Crippen molar-refractivity contribution in [3.8, 4) is 18.0 Å². The van der Waals surface area contributed by atoms with Crippen LogP contribution in [0.4, 0.5) is 0 Å². The first-order valence-electron chi connectivity index (χ1n) is 9.38. The minimum atomic E-state index is -1.08. The zero-order chi connectivity index (χ0) is 24.6. The van der Waals surface area contributed by atoms with Gasteiger partial charge < -0.3 is 44.1 Å². The fraction of sp³-hybridized carbons (Fsp3) is 0.833. The second-order valence-electron chi connectivity index (χ2n) is 9.40. The Balaban J connectivity index is -0.000000327. The van der Waals surface area contributed by atoms with Crippen LogP contribution < -0.4 is 15.3 Å². The summed E-state index contributed by atoms with van der Waals surface area (Å²) >= 11 is 0. The van der Waals surface area contributed by atoms with E-state index in [2.05, 4.69) is 78.4 Å². The third-order valence-corrected chi connectivity index (χ3v) is 2.89. The molecular formula is C18H42N6O6. The Labute approximate surface area is 180 Å². The molecule has 0 aromatic carbocycles. The second-order valence-corrected chi connectivity index (χ2v) is 9.40. The zero-order valence-electron chi connectivity index (χ0n) is 20.0. The van der Waals surface area contributed by atoms with Crippen molar-refractivity contribution in [1.82, 2.24) is 15.0 Å². The van der Waals surface area contributed by atoms with Crippen molar-refractivity contribution in [3.63, 3.8) is 0 Å². The monoisotopic (exact) mass is 438 g/mol. The predicted molar refractivity (Wildman–Crippen MR) is 108 cm³/mol. The lowest BCUT2D eigenvalue weighted by molar-refractivity contribution is -0.870. The van der Waals surface area contributed by atoms with E-state index in [1.165, 1.54) is 0 Å². The van der Waals surface area contributed by atoms with Crippen LogP contribution in [-0.4, -0.2) is 147 Å². The summed E-state index contributed by atoms with van der Waals surface area (Å²) in [7, 11) is 18.5. The van der Waals surface area contributed by atoms with Crippen molar-refractivity contribution in [3.05, 3.63) is 0 Å². The van der Waals surface area contributed by atoms with Crippen LogP contribution in [0.2, 0.25) is 0 Å². The number of aromatic nitrogens is 3. The average Bonchev–Trinajstić information content (AvgIpc) is 2.43. The number of aliphatic hydroxyl groups excluding tert-OH is 3. The van der Waals surface area contributed by atoms with Crippen molar-refractivity contribution < 1.29 is 44.1 Å². The summed E-state index contributed by atoms with van der Waals surface area (Å²) in [4.78, 5) is 8.10. The largest absolute Gasteiger partial charge is 0.844 e. The first-order valence-corrected chi connectivity index (χ1v) is 9.38. The van der Waals surface area contributed by atoms with Crippen LogP contribution in [0.3, 0.4) is 0 Å². The van der Waals surface area contributed by atoms with Gasteiger partial charge in [-0.25, -0.2) is 15.0 Å². The third kappa shape index (κ3) is 33.7.